The lowest BCUT2D eigenvalue weighted by Crippen LogP contribution is -1.94. The molecule has 0 saturated carbocycles. The molecule has 0 bridgehead atoms. The summed E-state index contributed by atoms with van der Waals surface area (Å²) in [4.78, 5) is 0.824. The predicted molar refractivity (Wildman–Crippen MR) is 128 cm³/mol. The molecule has 0 aromatic heterocycles. The first kappa shape index (κ1) is 19.7. The van der Waals surface area contributed by atoms with E-state index in [4.69, 9.17) is 0 Å². The topological polar surface area (TPSA) is 53.2 Å². The van der Waals surface area contributed by atoms with Crippen LogP contribution >= 0.6 is 0 Å². The largest absolute Gasteiger partial charge is 0.356 e. The summed E-state index contributed by atoms with van der Waals surface area (Å²) >= 11 is 0. The molecule has 4 aromatic rings. The fourth-order valence-electron chi connectivity index (χ4n) is 3.03. The van der Waals surface area contributed by atoms with E-state index in [0.717, 1.165) is 39.0 Å². The molecule has 0 aliphatic carbocycles. The van der Waals surface area contributed by atoms with Crippen molar-refractivity contribution in [1.82, 2.24) is 0 Å². The summed E-state index contributed by atoms with van der Waals surface area (Å²) in [6.07, 6.45) is 1.68. The third-order valence-electron chi connectivity index (χ3n) is 4.60. The fourth-order valence-corrected chi connectivity index (χ4v) is 3.54. The summed E-state index contributed by atoms with van der Waals surface area (Å²) in [6, 6.07) is 34.1. The Balaban J connectivity index is 1.35. The van der Waals surface area contributed by atoms with Crippen LogP contribution < -0.4 is 16.0 Å². The first-order valence-electron chi connectivity index (χ1n) is 9.65. The van der Waals surface area contributed by atoms with Crippen LogP contribution in [-0.2, 0) is 10.8 Å². The lowest BCUT2D eigenvalue weighted by Gasteiger charge is -2.11. The molecule has 0 saturated heterocycles. The minimum absolute atomic E-state index is 0.824. The van der Waals surface area contributed by atoms with E-state index >= 15 is 0 Å². The van der Waals surface area contributed by atoms with Gasteiger partial charge in [-0.1, -0.05) is 18.2 Å². The van der Waals surface area contributed by atoms with E-state index in [1.54, 1.807) is 6.26 Å². The van der Waals surface area contributed by atoms with Gasteiger partial charge in [0.25, 0.3) is 0 Å². The van der Waals surface area contributed by atoms with Gasteiger partial charge in [0.1, 0.15) is 0 Å². The van der Waals surface area contributed by atoms with Crippen molar-refractivity contribution >= 4 is 44.9 Å². The van der Waals surface area contributed by atoms with E-state index in [0.29, 0.717) is 0 Å². The van der Waals surface area contributed by atoms with Crippen LogP contribution in [0.1, 0.15) is 0 Å². The van der Waals surface area contributed by atoms with Gasteiger partial charge in [-0.3, -0.25) is 4.21 Å². The second-order valence-corrected chi connectivity index (χ2v) is 8.25. The van der Waals surface area contributed by atoms with Gasteiger partial charge in [-0.05, 0) is 84.9 Å². The van der Waals surface area contributed by atoms with Crippen molar-refractivity contribution in [2.24, 2.45) is 0 Å². The van der Waals surface area contributed by atoms with Gasteiger partial charge in [-0.2, -0.15) is 0 Å². The molecule has 30 heavy (non-hydrogen) atoms. The molecule has 1 atom stereocenters. The summed E-state index contributed by atoms with van der Waals surface area (Å²) in [5, 5.41) is 10.2. The zero-order valence-corrected chi connectivity index (χ0v) is 17.4. The van der Waals surface area contributed by atoms with E-state index in [1.807, 2.05) is 78.9 Å². The molecule has 4 nitrogen and oxygen atoms in total. The van der Waals surface area contributed by atoms with Gasteiger partial charge < -0.3 is 16.0 Å². The molecule has 0 spiro atoms. The van der Waals surface area contributed by atoms with Gasteiger partial charge in [0.15, 0.2) is 0 Å². The first-order chi connectivity index (χ1) is 14.7. The van der Waals surface area contributed by atoms with E-state index in [2.05, 4.69) is 40.2 Å². The second-order valence-electron chi connectivity index (χ2n) is 6.87. The molecule has 4 aromatic carbocycles. The Labute approximate surface area is 179 Å². The van der Waals surface area contributed by atoms with Crippen LogP contribution in [0.2, 0.25) is 0 Å². The fraction of sp³-hybridized carbons (Fsp3) is 0.0400. The van der Waals surface area contributed by atoms with Crippen molar-refractivity contribution < 1.29 is 4.21 Å². The predicted octanol–water partition coefficient (Wildman–Crippen LogP) is 6.65. The van der Waals surface area contributed by atoms with Crippen LogP contribution in [0.3, 0.4) is 0 Å². The van der Waals surface area contributed by atoms with Gasteiger partial charge in [0.05, 0.1) is 0 Å². The van der Waals surface area contributed by atoms with Crippen LogP contribution in [0.15, 0.2) is 108 Å². The standard InChI is InChI=1S/C25H23N3OS/c1-30(29)25-17-15-24(16-18-25)28-23-13-11-22(12-14-23)27-21-9-7-20(8-10-21)26-19-5-3-2-4-6-19/h2-18,26-28H,1H3. The van der Waals surface area contributed by atoms with Gasteiger partial charge in [0, 0.05) is 56.1 Å². The SMILES string of the molecule is CS(=O)c1ccc(Nc2ccc(Nc3ccc(Nc4ccccc4)cc3)cc2)cc1. The molecular weight excluding hydrogens is 390 g/mol. The smallest absolute Gasteiger partial charge is 0.0498 e. The number of nitrogens with one attached hydrogen (secondary N) is 3. The molecule has 0 radical (unpaired) electrons. The van der Waals surface area contributed by atoms with Crippen molar-refractivity contribution in [3.8, 4) is 0 Å². The average molecular weight is 414 g/mol. The molecule has 0 heterocycles. The van der Waals surface area contributed by atoms with Crippen LogP contribution in [0.5, 0.6) is 0 Å². The minimum atomic E-state index is -0.958. The maximum atomic E-state index is 11.5. The Morgan fingerprint density at radius 2 is 0.767 bits per heavy atom. The molecule has 0 aliphatic rings. The number of anilines is 6. The maximum absolute atomic E-state index is 11.5. The van der Waals surface area contributed by atoms with E-state index < -0.39 is 10.8 Å². The van der Waals surface area contributed by atoms with Gasteiger partial charge in [-0.25, -0.2) is 0 Å². The van der Waals surface area contributed by atoms with Crippen LogP contribution in [0.25, 0.3) is 0 Å². The Kier molecular flexibility index (Phi) is 6.11. The van der Waals surface area contributed by atoms with Gasteiger partial charge >= 0.3 is 0 Å². The maximum Gasteiger partial charge on any atom is 0.0498 e. The number of benzene rings is 4. The van der Waals surface area contributed by atoms with Gasteiger partial charge in [-0.15, -0.1) is 0 Å². The lowest BCUT2D eigenvalue weighted by atomic mass is 10.2. The quantitative estimate of drug-likeness (QED) is 0.317. The van der Waals surface area contributed by atoms with Gasteiger partial charge in [0.2, 0.25) is 0 Å². The van der Waals surface area contributed by atoms with E-state index in [-0.39, 0.29) is 0 Å². The number of para-hydroxylation sites is 1. The van der Waals surface area contributed by atoms with E-state index in [9.17, 15) is 4.21 Å². The Morgan fingerprint density at radius 3 is 1.10 bits per heavy atom. The van der Waals surface area contributed by atoms with Crippen molar-refractivity contribution in [1.29, 1.82) is 0 Å². The highest BCUT2D eigenvalue weighted by Crippen LogP contribution is 2.24. The number of hydrogen-bond donors (Lipinski definition) is 3. The molecule has 0 aliphatic heterocycles. The Hall–Kier alpha value is -3.57. The molecular formula is C25H23N3OS. The zero-order valence-electron chi connectivity index (χ0n) is 16.6. The molecule has 4 rings (SSSR count). The first-order valence-corrected chi connectivity index (χ1v) is 11.2. The van der Waals surface area contributed by atoms with Crippen molar-refractivity contribution in [2.75, 3.05) is 22.2 Å². The molecule has 0 amide bonds. The Morgan fingerprint density at radius 1 is 0.467 bits per heavy atom. The summed E-state index contributed by atoms with van der Waals surface area (Å²) < 4.78 is 11.5. The number of rotatable bonds is 7. The highest BCUT2D eigenvalue weighted by molar-refractivity contribution is 7.84. The van der Waals surface area contributed by atoms with Crippen LogP contribution in [0, 0.1) is 0 Å². The summed E-state index contributed by atoms with van der Waals surface area (Å²) in [6.45, 7) is 0. The molecule has 150 valence electrons. The van der Waals surface area contributed by atoms with Crippen molar-refractivity contribution in [3.63, 3.8) is 0 Å². The minimum Gasteiger partial charge on any atom is -0.356 e. The summed E-state index contributed by atoms with van der Waals surface area (Å²) in [7, 11) is -0.958. The van der Waals surface area contributed by atoms with E-state index in [1.165, 1.54) is 0 Å². The third-order valence-corrected chi connectivity index (χ3v) is 5.53. The number of hydrogen-bond acceptors (Lipinski definition) is 4. The van der Waals surface area contributed by atoms with Crippen LogP contribution in [0.4, 0.5) is 34.1 Å². The highest BCUT2D eigenvalue weighted by Gasteiger charge is 2.00. The molecule has 0 fully saturated rings. The normalized spacial score (nSPS) is 11.5. The second kappa shape index (κ2) is 9.29. The molecule has 1 unspecified atom stereocenters. The third kappa shape index (κ3) is 5.27. The van der Waals surface area contributed by atoms with Crippen LogP contribution in [-0.4, -0.2) is 10.5 Å². The summed E-state index contributed by atoms with van der Waals surface area (Å²) in [5.74, 6) is 0. The Bertz CT molecular complexity index is 1110. The highest BCUT2D eigenvalue weighted by atomic mass is 32.2. The summed E-state index contributed by atoms with van der Waals surface area (Å²) in [5.41, 5.74) is 6.11. The molecule has 5 heteroatoms. The monoisotopic (exact) mass is 413 g/mol. The lowest BCUT2D eigenvalue weighted by molar-refractivity contribution is 0.687. The van der Waals surface area contributed by atoms with Crippen molar-refractivity contribution in [2.45, 2.75) is 4.90 Å². The average Bonchev–Trinajstić information content (AvgIpc) is 2.78. The molecule has 3 N–H and O–H groups in total. The van der Waals surface area contributed by atoms with Crippen molar-refractivity contribution in [3.05, 3.63) is 103 Å². The zero-order chi connectivity index (χ0) is 20.8.